The minimum Gasteiger partial charge on any atom is -0.494 e. The second-order valence-electron chi connectivity index (χ2n) is 7.88. The molecule has 0 saturated carbocycles. The highest BCUT2D eigenvalue weighted by Crippen LogP contribution is 2.36. The number of aryl methyl sites for hydroxylation is 1. The van der Waals surface area contributed by atoms with Gasteiger partial charge in [-0.25, -0.2) is 22.8 Å². The molecule has 0 aliphatic carbocycles. The van der Waals surface area contributed by atoms with E-state index < -0.39 is 32.8 Å². The van der Waals surface area contributed by atoms with E-state index >= 15 is 0 Å². The summed E-state index contributed by atoms with van der Waals surface area (Å²) in [6, 6.07) is 6.82. The Morgan fingerprint density at radius 1 is 1.08 bits per heavy atom. The molecule has 0 spiro atoms. The molecule has 0 bridgehead atoms. The lowest BCUT2D eigenvalue weighted by Crippen LogP contribution is -2.29. The van der Waals surface area contributed by atoms with Gasteiger partial charge in [0.15, 0.2) is 33.1 Å². The highest BCUT2D eigenvalue weighted by atomic mass is 32.2. The molecule has 0 aliphatic rings. The van der Waals surface area contributed by atoms with E-state index in [1.165, 1.54) is 25.7 Å². The van der Waals surface area contributed by atoms with Crippen molar-refractivity contribution in [2.24, 2.45) is 7.05 Å². The van der Waals surface area contributed by atoms with Gasteiger partial charge in [0.2, 0.25) is 0 Å². The van der Waals surface area contributed by atoms with Crippen LogP contribution < -0.4 is 9.47 Å². The summed E-state index contributed by atoms with van der Waals surface area (Å²) in [5.74, 6) is -0.448. The van der Waals surface area contributed by atoms with Gasteiger partial charge in [-0.1, -0.05) is 6.07 Å². The van der Waals surface area contributed by atoms with Crippen molar-refractivity contribution in [3.05, 3.63) is 60.3 Å². The normalized spacial score (nSPS) is 13.4. The number of para-hydroxylation sites is 1. The number of methoxy groups -OCH3 is 2. The first kappa shape index (κ1) is 25.2. The Bertz CT molecular complexity index is 1450. The van der Waals surface area contributed by atoms with Gasteiger partial charge < -0.3 is 14.6 Å². The molecule has 1 N–H and O–H groups in total. The van der Waals surface area contributed by atoms with Gasteiger partial charge in [0, 0.05) is 13.2 Å². The van der Waals surface area contributed by atoms with E-state index in [4.69, 9.17) is 9.47 Å². The van der Waals surface area contributed by atoms with Crippen LogP contribution in [-0.2, 0) is 22.6 Å². The molecule has 14 heteroatoms. The molecule has 0 radical (unpaired) electrons. The smallest absolute Gasteiger partial charge is 0.189 e. The number of nitrogens with zero attached hydrogens (tertiary/aromatic N) is 7. The predicted molar refractivity (Wildman–Crippen MR) is 126 cm³/mol. The SMILES string of the molecule is COc1cccc(OC)c1-n1c(CS(=O)(=O)[C@@H](C)[C@H](O)c2ncc(F)cn2)nnc1-c1ccn(C)n1. The van der Waals surface area contributed by atoms with Crippen LogP contribution >= 0.6 is 0 Å². The van der Waals surface area contributed by atoms with Crippen LogP contribution in [0.4, 0.5) is 4.39 Å². The zero-order valence-corrected chi connectivity index (χ0v) is 20.7. The van der Waals surface area contributed by atoms with Crippen LogP contribution in [0, 0.1) is 5.82 Å². The lowest BCUT2D eigenvalue weighted by molar-refractivity contribution is 0.165. The lowest BCUT2D eigenvalue weighted by atomic mass is 10.2. The van der Waals surface area contributed by atoms with E-state index in [0.717, 1.165) is 12.4 Å². The summed E-state index contributed by atoms with van der Waals surface area (Å²) < 4.78 is 54.1. The van der Waals surface area contributed by atoms with Crippen molar-refractivity contribution >= 4 is 9.84 Å². The van der Waals surface area contributed by atoms with Gasteiger partial charge in [-0.15, -0.1) is 10.2 Å². The Balaban J connectivity index is 1.81. The van der Waals surface area contributed by atoms with Crippen LogP contribution in [0.5, 0.6) is 11.5 Å². The Hall–Kier alpha value is -3.91. The largest absolute Gasteiger partial charge is 0.494 e. The molecule has 12 nitrogen and oxygen atoms in total. The van der Waals surface area contributed by atoms with Crippen LogP contribution in [0.15, 0.2) is 42.9 Å². The Kier molecular flexibility index (Phi) is 6.99. The second-order valence-corrected chi connectivity index (χ2v) is 10.2. The maximum atomic E-state index is 13.4. The number of rotatable bonds is 9. The number of aromatic nitrogens is 7. The molecular weight excluding hydrogens is 493 g/mol. The Morgan fingerprint density at radius 2 is 1.72 bits per heavy atom. The van der Waals surface area contributed by atoms with Crippen LogP contribution in [0.2, 0.25) is 0 Å². The summed E-state index contributed by atoms with van der Waals surface area (Å²) in [4.78, 5) is 7.40. The number of benzene rings is 1. The van der Waals surface area contributed by atoms with Gasteiger partial charge in [0.25, 0.3) is 0 Å². The lowest BCUT2D eigenvalue weighted by Gasteiger charge is -2.19. The second kappa shape index (κ2) is 9.99. The first-order valence-corrected chi connectivity index (χ1v) is 12.4. The maximum Gasteiger partial charge on any atom is 0.189 e. The van der Waals surface area contributed by atoms with Crippen LogP contribution in [0.1, 0.15) is 24.7 Å². The molecule has 2 atom stereocenters. The Labute approximate surface area is 206 Å². The Morgan fingerprint density at radius 3 is 2.28 bits per heavy atom. The van der Waals surface area contributed by atoms with Gasteiger partial charge >= 0.3 is 0 Å². The zero-order valence-electron chi connectivity index (χ0n) is 19.9. The van der Waals surface area contributed by atoms with E-state index in [0.29, 0.717) is 22.9 Å². The highest BCUT2D eigenvalue weighted by Gasteiger charge is 2.34. The minimum atomic E-state index is -4.06. The molecule has 0 aliphatic heterocycles. The third kappa shape index (κ3) is 4.77. The summed E-state index contributed by atoms with van der Waals surface area (Å²) in [5, 5.41) is 22.0. The zero-order chi connectivity index (χ0) is 26.0. The van der Waals surface area contributed by atoms with Crippen LogP contribution in [0.3, 0.4) is 0 Å². The molecule has 190 valence electrons. The summed E-state index contributed by atoms with van der Waals surface area (Å²) >= 11 is 0. The molecular formula is C22H24FN7O5S. The van der Waals surface area contributed by atoms with E-state index in [-0.39, 0.29) is 17.5 Å². The van der Waals surface area contributed by atoms with Crippen molar-refractivity contribution in [1.82, 2.24) is 34.5 Å². The molecule has 36 heavy (non-hydrogen) atoms. The van der Waals surface area contributed by atoms with Gasteiger partial charge in [-0.2, -0.15) is 5.10 Å². The molecule has 4 rings (SSSR count). The molecule has 4 aromatic rings. The van der Waals surface area contributed by atoms with Crippen LogP contribution in [0.25, 0.3) is 17.2 Å². The van der Waals surface area contributed by atoms with Crippen LogP contribution in [-0.4, -0.2) is 67.5 Å². The van der Waals surface area contributed by atoms with E-state index in [1.807, 2.05) is 0 Å². The minimum absolute atomic E-state index is 0.0394. The summed E-state index contributed by atoms with van der Waals surface area (Å²) in [6.45, 7) is 1.32. The standard InChI is InChI=1S/C22H24FN7O5S/c1-13(20(31)21-24-10-14(23)11-25-21)36(32,33)12-18-26-27-22(15-8-9-29(2)28-15)30(18)19-16(34-3)6-5-7-17(19)35-4/h5-11,13,20,31H,12H2,1-4H3/t13-,20-/m0/s1. The van der Waals surface area contributed by atoms with E-state index in [1.54, 1.807) is 42.2 Å². The van der Waals surface area contributed by atoms with Gasteiger partial charge in [0.05, 0.1) is 31.9 Å². The average molecular weight is 518 g/mol. The van der Waals surface area contributed by atoms with Gasteiger partial charge in [-0.3, -0.25) is 9.25 Å². The van der Waals surface area contributed by atoms with Crippen molar-refractivity contribution in [1.29, 1.82) is 0 Å². The molecule has 0 saturated heterocycles. The third-order valence-corrected chi connectivity index (χ3v) is 7.60. The van der Waals surface area contributed by atoms with E-state index in [2.05, 4.69) is 25.3 Å². The molecule has 3 heterocycles. The number of aliphatic hydroxyl groups is 1. The number of ether oxygens (including phenoxy) is 2. The fourth-order valence-electron chi connectivity index (χ4n) is 3.59. The maximum absolute atomic E-state index is 13.4. The first-order valence-electron chi connectivity index (χ1n) is 10.7. The van der Waals surface area contributed by atoms with Crippen molar-refractivity contribution in [2.45, 2.75) is 24.0 Å². The van der Waals surface area contributed by atoms with Crippen molar-refractivity contribution in [3.63, 3.8) is 0 Å². The van der Waals surface area contributed by atoms with Crippen molar-refractivity contribution in [3.8, 4) is 28.7 Å². The van der Waals surface area contributed by atoms with E-state index in [9.17, 15) is 17.9 Å². The monoisotopic (exact) mass is 517 g/mol. The summed E-state index contributed by atoms with van der Waals surface area (Å²) in [6.07, 6.45) is 1.83. The summed E-state index contributed by atoms with van der Waals surface area (Å²) in [5.41, 5.74) is 0.822. The molecule has 0 amide bonds. The van der Waals surface area contributed by atoms with Gasteiger partial charge in [-0.05, 0) is 25.1 Å². The fraction of sp³-hybridized carbons (Fsp3) is 0.318. The quantitative estimate of drug-likeness (QED) is 0.347. The molecule has 3 aromatic heterocycles. The number of sulfone groups is 1. The number of halogens is 1. The topological polar surface area (TPSA) is 147 Å². The first-order chi connectivity index (χ1) is 17.2. The van der Waals surface area contributed by atoms with Crippen molar-refractivity contribution in [2.75, 3.05) is 14.2 Å². The molecule has 0 fully saturated rings. The predicted octanol–water partition coefficient (Wildman–Crippen LogP) is 1.65. The highest BCUT2D eigenvalue weighted by molar-refractivity contribution is 7.91. The number of hydrogen-bond donors (Lipinski definition) is 1. The third-order valence-electron chi connectivity index (χ3n) is 5.54. The number of aliphatic hydroxyl groups excluding tert-OH is 1. The van der Waals surface area contributed by atoms with Crippen molar-refractivity contribution < 1.29 is 27.4 Å². The molecule has 0 unspecified atom stereocenters. The number of hydrogen-bond acceptors (Lipinski definition) is 10. The average Bonchev–Trinajstić information content (AvgIpc) is 3.48. The van der Waals surface area contributed by atoms with Gasteiger partial charge in [0.1, 0.15) is 34.7 Å². The molecule has 1 aromatic carbocycles. The summed E-state index contributed by atoms with van der Waals surface area (Å²) in [7, 11) is 0.623. The fourth-order valence-corrected chi connectivity index (χ4v) is 4.91.